The molecule has 1 saturated heterocycles. The van der Waals surface area contributed by atoms with Crippen LogP contribution in [0.4, 0.5) is 10.8 Å². The zero-order chi connectivity index (χ0) is 21.0. The fourth-order valence-corrected chi connectivity index (χ4v) is 4.46. The Balaban J connectivity index is 1.61. The van der Waals surface area contributed by atoms with Crippen molar-refractivity contribution >= 4 is 34.0 Å². The second-order valence-corrected chi connectivity index (χ2v) is 8.86. The highest BCUT2D eigenvalue weighted by atomic mass is 32.1. The van der Waals surface area contributed by atoms with Crippen molar-refractivity contribution < 1.29 is 9.59 Å². The summed E-state index contributed by atoms with van der Waals surface area (Å²) in [5.41, 5.74) is 2.96. The number of piperidine rings is 1. The van der Waals surface area contributed by atoms with Gasteiger partial charge in [-0.25, -0.2) is 4.98 Å². The molecule has 29 heavy (non-hydrogen) atoms. The number of aryl methyl sites for hydroxylation is 1. The summed E-state index contributed by atoms with van der Waals surface area (Å²) in [7, 11) is 0. The topological polar surface area (TPSA) is 65.5 Å². The largest absolute Gasteiger partial charge is 0.354 e. The zero-order valence-electron chi connectivity index (χ0n) is 17.6. The van der Waals surface area contributed by atoms with Crippen LogP contribution in [0.25, 0.3) is 0 Å². The zero-order valence-corrected chi connectivity index (χ0v) is 18.5. The molecule has 2 heterocycles. The van der Waals surface area contributed by atoms with Crippen LogP contribution in [-0.2, 0) is 16.1 Å². The van der Waals surface area contributed by atoms with E-state index in [0.29, 0.717) is 5.13 Å². The van der Waals surface area contributed by atoms with Crippen molar-refractivity contribution in [1.82, 2.24) is 15.2 Å². The number of carbonyl (C=O) groups is 2. The molecule has 1 fully saturated rings. The smallest absolute Gasteiger partial charge is 0.230 e. The molecular weight excluding hydrogens is 384 g/mol. The molecule has 0 unspecified atom stereocenters. The van der Waals surface area contributed by atoms with E-state index in [4.69, 9.17) is 4.98 Å². The summed E-state index contributed by atoms with van der Waals surface area (Å²) in [6.45, 7) is 10.1. The first kappa shape index (κ1) is 21.5. The van der Waals surface area contributed by atoms with Gasteiger partial charge in [0, 0.05) is 30.8 Å². The highest BCUT2D eigenvalue weighted by Crippen LogP contribution is 2.30. The second-order valence-electron chi connectivity index (χ2n) is 8.03. The van der Waals surface area contributed by atoms with Crippen LogP contribution in [0, 0.1) is 12.8 Å². The summed E-state index contributed by atoms with van der Waals surface area (Å²) in [6, 6.07) is 8.08. The second kappa shape index (κ2) is 9.50. The molecule has 156 valence electrons. The van der Waals surface area contributed by atoms with Gasteiger partial charge in [-0.3, -0.25) is 19.4 Å². The number of nitrogens with zero attached hydrogens (tertiary/aromatic N) is 3. The maximum absolute atomic E-state index is 12.2. The number of likely N-dealkylation sites (tertiary alicyclic amines) is 1. The van der Waals surface area contributed by atoms with Crippen LogP contribution in [0.5, 0.6) is 0 Å². The minimum Gasteiger partial charge on any atom is -0.354 e. The number of aromatic nitrogens is 1. The van der Waals surface area contributed by atoms with Gasteiger partial charge in [-0.2, -0.15) is 0 Å². The molecule has 1 aromatic carbocycles. The molecule has 1 aliphatic heterocycles. The Morgan fingerprint density at radius 2 is 1.90 bits per heavy atom. The Morgan fingerprint density at radius 3 is 2.48 bits per heavy atom. The molecule has 1 N–H and O–H groups in total. The Bertz CT molecular complexity index is 839. The van der Waals surface area contributed by atoms with E-state index in [-0.39, 0.29) is 23.8 Å². The van der Waals surface area contributed by atoms with Crippen LogP contribution in [0.3, 0.4) is 0 Å². The van der Waals surface area contributed by atoms with Crippen molar-refractivity contribution in [2.45, 2.75) is 53.1 Å². The molecule has 0 aliphatic carbocycles. The lowest BCUT2D eigenvalue weighted by molar-refractivity contribution is -0.127. The summed E-state index contributed by atoms with van der Waals surface area (Å²) < 4.78 is 0. The lowest BCUT2D eigenvalue weighted by atomic mass is 9.95. The number of amides is 2. The quantitative estimate of drug-likeness (QED) is 0.779. The van der Waals surface area contributed by atoms with Gasteiger partial charge < -0.3 is 5.32 Å². The first-order valence-corrected chi connectivity index (χ1v) is 11.1. The van der Waals surface area contributed by atoms with Gasteiger partial charge in [0.05, 0.1) is 11.4 Å². The number of hydrogen-bond donors (Lipinski definition) is 1. The summed E-state index contributed by atoms with van der Waals surface area (Å²) in [4.78, 5) is 33.2. The number of benzene rings is 1. The normalized spacial score (nSPS) is 15.5. The van der Waals surface area contributed by atoms with Crippen molar-refractivity contribution in [3.05, 3.63) is 40.9 Å². The molecule has 7 heteroatoms. The number of carbonyl (C=O) groups excluding carboxylic acids is 2. The van der Waals surface area contributed by atoms with Crippen LogP contribution >= 0.6 is 11.3 Å². The van der Waals surface area contributed by atoms with Gasteiger partial charge in [-0.05, 0) is 58.8 Å². The average Bonchev–Trinajstić information content (AvgIpc) is 3.11. The van der Waals surface area contributed by atoms with E-state index >= 15 is 0 Å². The first-order chi connectivity index (χ1) is 13.8. The van der Waals surface area contributed by atoms with E-state index in [1.54, 1.807) is 11.8 Å². The van der Waals surface area contributed by atoms with Crippen LogP contribution in [0.1, 0.15) is 44.9 Å². The third-order valence-electron chi connectivity index (χ3n) is 5.11. The Hall–Kier alpha value is -2.25. The van der Waals surface area contributed by atoms with Gasteiger partial charge in [0.25, 0.3) is 0 Å². The Morgan fingerprint density at radius 1 is 1.24 bits per heavy atom. The molecule has 1 aliphatic rings. The predicted octanol–water partition coefficient (Wildman–Crippen LogP) is 3.87. The van der Waals surface area contributed by atoms with Gasteiger partial charge in [-0.1, -0.05) is 17.7 Å². The molecule has 2 aromatic rings. The van der Waals surface area contributed by atoms with E-state index in [1.165, 1.54) is 11.3 Å². The van der Waals surface area contributed by atoms with E-state index < -0.39 is 0 Å². The summed E-state index contributed by atoms with van der Waals surface area (Å²) >= 11 is 1.49. The fourth-order valence-electron chi connectivity index (χ4n) is 3.58. The number of thiazole rings is 1. The minimum atomic E-state index is -0.0493. The van der Waals surface area contributed by atoms with Crippen molar-refractivity contribution in [1.29, 1.82) is 0 Å². The molecule has 0 atom stereocenters. The van der Waals surface area contributed by atoms with Gasteiger partial charge in [0.15, 0.2) is 5.13 Å². The van der Waals surface area contributed by atoms with E-state index in [9.17, 15) is 9.59 Å². The van der Waals surface area contributed by atoms with Crippen LogP contribution in [-0.4, -0.2) is 40.8 Å². The van der Waals surface area contributed by atoms with Crippen molar-refractivity contribution in [2.75, 3.05) is 18.0 Å². The van der Waals surface area contributed by atoms with E-state index in [0.717, 1.165) is 49.4 Å². The highest BCUT2D eigenvalue weighted by molar-refractivity contribution is 7.14. The lowest BCUT2D eigenvalue weighted by Gasteiger charge is -2.31. The van der Waals surface area contributed by atoms with Gasteiger partial charge in [-0.15, -0.1) is 11.3 Å². The molecule has 0 bridgehead atoms. The first-order valence-electron chi connectivity index (χ1n) is 10.2. The summed E-state index contributed by atoms with van der Waals surface area (Å²) in [5.74, 6) is 0.229. The molecule has 3 rings (SSSR count). The minimum absolute atomic E-state index is 0.0493. The number of rotatable bonds is 6. The number of anilines is 2. The Kier molecular flexibility index (Phi) is 7.03. The maximum Gasteiger partial charge on any atom is 0.230 e. The number of nitrogens with one attached hydrogen (secondary N) is 1. The molecule has 2 amide bonds. The van der Waals surface area contributed by atoms with Crippen LogP contribution < -0.4 is 10.2 Å². The van der Waals surface area contributed by atoms with Gasteiger partial charge >= 0.3 is 0 Å². The predicted molar refractivity (Wildman–Crippen MR) is 117 cm³/mol. The van der Waals surface area contributed by atoms with E-state index in [1.807, 2.05) is 50.4 Å². The third-order valence-corrected chi connectivity index (χ3v) is 5.99. The average molecular weight is 415 g/mol. The standard InChI is InChI=1S/C22H30N4O2S/c1-15(2)23-21(28)18-9-11-25(12-10-18)13-19-14-29-22(24-19)26(17(4)27)20-7-5-16(3)6-8-20/h5-8,14-15,18H,9-13H2,1-4H3,(H,23,28). The van der Waals surface area contributed by atoms with Crippen LogP contribution in [0.15, 0.2) is 29.6 Å². The summed E-state index contributed by atoms with van der Waals surface area (Å²) in [6.07, 6.45) is 1.75. The van der Waals surface area contributed by atoms with Crippen molar-refractivity contribution in [3.8, 4) is 0 Å². The number of hydrogen-bond acceptors (Lipinski definition) is 5. The SMILES string of the molecule is CC(=O)N(c1ccc(C)cc1)c1nc(CN2CCC(C(=O)NC(C)C)CC2)cs1. The molecule has 0 radical (unpaired) electrons. The van der Waals surface area contributed by atoms with E-state index in [2.05, 4.69) is 10.2 Å². The van der Waals surface area contributed by atoms with Crippen molar-refractivity contribution in [2.24, 2.45) is 5.92 Å². The lowest BCUT2D eigenvalue weighted by Crippen LogP contribution is -2.42. The van der Waals surface area contributed by atoms with Crippen molar-refractivity contribution in [3.63, 3.8) is 0 Å². The fraction of sp³-hybridized carbons (Fsp3) is 0.500. The molecule has 0 spiro atoms. The summed E-state index contributed by atoms with van der Waals surface area (Å²) in [5, 5.41) is 5.74. The van der Waals surface area contributed by atoms with Gasteiger partial charge in [0.2, 0.25) is 11.8 Å². The third kappa shape index (κ3) is 5.64. The monoisotopic (exact) mass is 414 g/mol. The molecule has 0 saturated carbocycles. The molecule has 6 nitrogen and oxygen atoms in total. The van der Waals surface area contributed by atoms with Gasteiger partial charge in [0.1, 0.15) is 0 Å². The maximum atomic E-state index is 12.2. The molecular formula is C22H30N4O2S. The Labute approximate surface area is 176 Å². The highest BCUT2D eigenvalue weighted by Gasteiger charge is 2.26. The van der Waals surface area contributed by atoms with Crippen LogP contribution in [0.2, 0.25) is 0 Å². The molecule has 1 aromatic heterocycles.